The van der Waals surface area contributed by atoms with E-state index in [0.717, 1.165) is 22.5 Å². The zero-order chi connectivity index (χ0) is 19.2. The maximum absolute atomic E-state index is 11.7. The topological polar surface area (TPSA) is 115 Å². The van der Waals surface area contributed by atoms with Crippen LogP contribution in [0.25, 0.3) is 16.8 Å². The van der Waals surface area contributed by atoms with Crippen LogP contribution in [0.4, 0.5) is 0 Å². The molecule has 0 aliphatic rings. The summed E-state index contributed by atoms with van der Waals surface area (Å²) >= 11 is 0.894. The van der Waals surface area contributed by atoms with Crippen LogP contribution in [0.3, 0.4) is 0 Å². The fourth-order valence-corrected chi connectivity index (χ4v) is 3.21. The summed E-state index contributed by atoms with van der Waals surface area (Å²) in [5.41, 5.74) is 0.557. The lowest BCUT2D eigenvalue weighted by Crippen LogP contribution is -2.23. The van der Waals surface area contributed by atoms with Gasteiger partial charge in [-0.05, 0) is 34.7 Å². The average molecular weight is 379 g/mol. The van der Waals surface area contributed by atoms with Crippen molar-refractivity contribution in [3.63, 3.8) is 0 Å². The number of hydrogen-bond acceptors (Lipinski definition) is 7. The van der Waals surface area contributed by atoms with Crippen molar-refractivity contribution in [3.05, 3.63) is 52.7 Å². The summed E-state index contributed by atoms with van der Waals surface area (Å²) in [6.45, 7) is 1.77. The molecule has 0 saturated heterocycles. The maximum atomic E-state index is 11.7. The molecule has 0 saturated carbocycles. The van der Waals surface area contributed by atoms with Gasteiger partial charge in [-0.15, -0.1) is 5.10 Å². The third-order valence-electron chi connectivity index (χ3n) is 3.75. The van der Waals surface area contributed by atoms with Crippen molar-refractivity contribution < 1.29 is 14.6 Å². The van der Waals surface area contributed by atoms with Crippen molar-refractivity contribution in [2.24, 2.45) is 0 Å². The van der Waals surface area contributed by atoms with Crippen molar-refractivity contribution >= 4 is 34.6 Å². The smallest absolute Gasteiger partial charge is 0.213 e. The minimum absolute atomic E-state index is 0.0604. The van der Waals surface area contributed by atoms with Gasteiger partial charge in [0.25, 0.3) is 0 Å². The molecule has 2 aromatic carbocycles. The van der Waals surface area contributed by atoms with Crippen LogP contribution in [0.5, 0.6) is 5.75 Å². The molecule has 0 aliphatic heterocycles. The van der Waals surface area contributed by atoms with Crippen LogP contribution in [0.2, 0.25) is 0 Å². The summed E-state index contributed by atoms with van der Waals surface area (Å²) in [5, 5.41) is 29.3. The van der Waals surface area contributed by atoms with E-state index in [-0.39, 0.29) is 11.5 Å². The Labute approximate surface area is 159 Å². The van der Waals surface area contributed by atoms with Gasteiger partial charge in [0.1, 0.15) is 17.6 Å². The largest absolute Gasteiger partial charge is 0.544 e. The number of aryl methyl sites for hydroxylation is 1. The van der Waals surface area contributed by atoms with E-state index < -0.39 is 5.97 Å². The van der Waals surface area contributed by atoms with Gasteiger partial charge in [0.15, 0.2) is 6.61 Å². The van der Waals surface area contributed by atoms with E-state index in [4.69, 9.17) is 10.00 Å². The first kappa shape index (κ1) is 18.5. The van der Waals surface area contributed by atoms with E-state index in [1.807, 2.05) is 43.3 Å². The fraction of sp³-hybridized carbons (Fsp3) is 0.158. The first-order valence-electron chi connectivity index (χ1n) is 8.16. The van der Waals surface area contributed by atoms with E-state index in [1.165, 1.54) is 6.08 Å². The molecule has 0 unspecified atom stereocenters. The SMILES string of the molecule is CCc1nc(S/C(=C\c2c(OCC#N)ccc3ccccc23)C(=O)[O-])n[nH]1. The summed E-state index contributed by atoms with van der Waals surface area (Å²) in [7, 11) is 0. The molecule has 0 aliphatic carbocycles. The Bertz CT molecular complexity index is 1050. The van der Waals surface area contributed by atoms with Gasteiger partial charge in [0.05, 0.1) is 5.97 Å². The summed E-state index contributed by atoms with van der Waals surface area (Å²) < 4.78 is 5.48. The minimum atomic E-state index is -1.35. The van der Waals surface area contributed by atoms with Crippen LogP contribution in [-0.4, -0.2) is 27.8 Å². The number of carboxylic acid groups (broad SMARTS) is 1. The first-order valence-corrected chi connectivity index (χ1v) is 8.97. The molecule has 3 aromatic rings. The lowest BCUT2D eigenvalue weighted by atomic mass is 10.0. The van der Waals surface area contributed by atoms with E-state index in [0.29, 0.717) is 28.7 Å². The highest BCUT2D eigenvalue weighted by molar-refractivity contribution is 8.04. The lowest BCUT2D eigenvalue weighted by Gasteiger charge is -2.12. The molecule has 1 heterocycles. The number of carbonyl (C=O) groups is 1. The quantitative estimate of drug-likeness (QED) is 0.495. The molecule has 0 amide bonds. The molecular weight excluding hydrogens is 364 g/mol. The number of thioether (sulfide) groups is 1. The van der Waals surface area contributed by atoms with E-state index in [9.17, 15) is 9.90 Å². The summed E-state index contributed by atoms with van der Waals surface area (Å²) in [6, 6.07) is 13.0. The number of aromatic nitrogens is 3. The molecule has 1 aromatic heterocycles. The Kier molecular flexibility index (Phi) is 5.74. The number of fused-ring (bicyclic) bond motifs is 1. The average Bonchev–Trinajstić information content (AvgIpc) is 3.14. The highest BCUT2D eigenvalue weighted by Gasteiger charge is 2.12. The number of nitriles is 1. The molecule has 7 nitrogen and oxygen atoms in total. The molecule has 0 spiro atoms. The Hall–Kier alpha value is -3.31. The maximum Gasteiger partial charge on any atom is 0.213 e. The van der Waals surface area contributed by atoms with E-state index >= 15 is 0 Å². The Morgan fingerprint density at radius 2 is 2.19 bits per heavy atom. The minimum Gasteiger partial charge on any atom is -0.544 e. The summed E-state index contributed by atoms with van der Waals surface area (Å²) in [4.78, 5) is 15.8. The highest BCUT2D eigenvalue weighted by atomic mass is 32.2. The number of aromatic amines is 1. The molecule has 3 rings (SSSR count). The molecule has 0 bridgehead atoms. The molecule has 136 valence electrons. The number of aliphatic carboxylic acids is 1. The number of nitrogens with one attached hydrogen (secondary N) is 1. The Morgan fingerprint density at radius 1 is 1.37 bits per heavy atom. The molecule has 0 atom stereocenters. The molecule has 1 N–H and O–H groups in total. The van der Waals surface area contributed by atoms with Crippen molar-refractivity contribution in [3.8, 4) is 11.8 Å². The van der Waals surface area contributed by atoms with Crippen LogP contribution in [0.15, 0.2) is 46.5 Å². The van der Waals surface area contributed by atoms with Gasteiger partial charge in [0.2, 0.25) is 5.16 Å². The number of carboxylic acids is 1. The number of rotatable bonds is 7. The van der Waals surface area contributed by atoms with E-state index in [1.54, 1.807) is 6.07 Å². The number of hydrogen-bond donors (Lipinski definition) is 1. The van der Waals surface area contributed by atoms with Crippen LogP contribution in [0, 0.1) is 11.3 Å². The zero-order valence-electron chi connectivity index (χ0n) is 14.4. The van der Waals surface area contributed by atoms with Crippen molar-refractivity contribution in [1.82, 2.24) is 15.2 Å². The van der Waals surface area contributed by atoms with Gasteiger partial charge in [-0.25, -0.2) is 4.98 Å². The van der Waals surface area contributed by atoms with Gasteiger partial charge < -0.3 is 14.6 Å². The number of ether oxygens (including phenoxy) is 1. The van der Waals surface area contributed by atoms with Crippen LogP contribution in [0.1, 0.15) is 18.3 Å². The normalized spacial score (nSPS) is 11.3. The van der Waals surface area contributed by atoms with Crippen LogP contribution in [-0.2, 0) is 11.2 Å². The van der Waals surface area contributed by atoms with Gasteiger partial charge >= 0.3 is 0 Å². The fourth-order valence-electron chi connectivity index (χ4n) is 2.50. The third kappa shape index (κ3) is 4.27. The third-order valence-corrected chi connectivity index (χ3v) is 4.62. The second-order valence-corrected chi connectivity index (χ2v) is 6.47. The van der Waals surface area contributed by atoms with Crippen molar-refractivity contribution in [2.75, 3.05) is 6.61 Å². The standard InChI is InChI=1S/C19H16N4O3S/c1-2-17-21-19(23-22-17)27-16(18(24)25)11-14-13-6-4-3-5-12(13)7-8-15(14)26-10-9-20/h3-8,11H,2,10H2,1H3,(H,24,25)(H,21,22,23)/p-1/b16-11-. The molecule has 8 heteroatoms. The number of carbonyl (C=O) groups excluding carboxylic acids is 1. The Morgan fingerprint density at radius 3 is 2.89 bits per heavy atom. The van der Waals surface area contributed by atoms with E-state index in [2.05, 4.69) is 15.2 Å². The molecule has 27 heavy (non-hydrogen) atoms. The second-order valence-electron chi connectivity index (χ2n) is 5.46. The number of H-pyrrole nitrogens is 1. The molecular formula is C19H15N4O3S-. The molecule has 0 fully saturated rings. The van der Waals surface area contributed by atoms with Crippen LogP contribution >= 0.6 is 11.8 Å². The van der Waals surface area contributed by atoms with Gasteiger partial charge in [-0.2, -0.15) is 5.26 Å². The highest BCUT2D eigenvalue weighted by Crippen LogP contribution is 2.33. The zero-order valence-corrected chi connectivity index (χ0v) is 15.2. The van der Waals surface area contributed by atoms with Crippen molar-refractivity contribution in [2.45, 2.75) is 18.5 Å². The van der Waals surface area contributed by atoms with Crippen molar-refractivity contribution in [1.29, 1.82) is 5.26 Å². The Balaban J connectivity index is 2.08. The number of benzene rings is 2. The van der Waals surface area contributed by atoms with Gasteiger partial charge in [0, 0.05) is 16.9 Å². The predicted octanol–water partition coefficient (Wildman–Crippen LogP) is 2.31. The summed E-state index contributed by atoms with van der Waals surface area (Å²) in [6.07, 6.45) is 2.13. The first-order chi connectivity index (χ1) is 13.1. The van der Waals surface area contributed by atoms with Gasteiger partial charge in [-0.3, -0.25) is 5.10 Å². The second kappa shape index (κ2) is 8.38. The van der Waals surface area contributed by atoms with Crippen LogP contribution < -0.4 is 9.84 Å². The van der Waals surface area contributed by atoms with Gasteiger partial charge in [-0.1, -0.05) is 37.3 Å². The molecule has 0 radical (unpaired) electrons. The monoisotopic (exact) mass is 379 g/mol. The predicted molar refractivity (Wildman–Crippen MR) is 99.7 cm³/mol. The number of nitrogens with zero attached hydrogens (tertiary/aromatic N) is 3. The lowest BCUT2D eigenvalue weighted by molar-refractivity contribution is -0.297. The summed E-state index contributed by atoms with van der Waals surface area (Å²) in [5.74, 6) is -0.265.